The summed E-state index contributed by atoms with van der Waals surface area (Å²) in [5.41, 5.74) is 7.09. The molecule has 0 spiro atoms. The molecule has 0 bridgehead atoms. The smallest absolute Gasteiger partial charge is 0.177 e. The van der Waals surface area contributed by atoms with Gasteiger partial charge in [0.05, 0.1) is 16.9 Å². The Bertz CT molecular complexity index is 1430. The minimum absolute atomic E-state index is 0.671. The average Bonchev–Trinajstić information content (AvgIpc) is 3.20. The molecule has 0 amide bonds. The molecule has 0 N–H and O–H groups in total. The van der Waals surface area contributed by atoms with Gasteiger partial charge in [-0.15, -0.1) is 10.2 Å². The van der Waals surface area contributed by atoms with Gasteiger partial charge in [-0.05, 0) is 54.3 Å². The van der Waals surface area contributed by atoms with Gasteiger partial charge in [0.1, 0.15) is 0 Å². The van der Waals surface area contributed by atoms with E-state index < -0.39 is 0 Å². The third-order valence-electron chi connectivity index (χ3n) is 5.49. The lowest BCUT2D eigenvalue weighted by Crippen LogP contribution is -2.02. The summed E-state index contributed by atoms with van der Waals surface area (Å²) in [4.78, 5) is 9.04. The van der Waals surface area contributed by atoms with Gasteiger partial charge in [0.15, 0.2) is 11.5 Å². The highest BCUT2D eigenvalue weighted by molar-refractivity contribution is 5.82. The number of nitrogens with zero attached hydrogens (tertiary/aromatic N) is 6. The number of para-hydroxylation sites is 1. The Morgan fingerprint density at radius 1 is 0.933 bits per heavy atom. The molecule has 1 aliphatic rings. The summed E-state index contributed by atoms with van der Waals surface area (Å²) in [6, 6.07) is 20.6. The van der Waals surface area contributed by atoms with Crippen LogP contribution in [-0.2, 0) is 12.8 Å². The molecule has 0 aliphatic carbocycles. The molecule has 4 heterocycles. The van der Waals surface area contributed by atoms with Crippen molar-refractivity contribution < 1.29 is 0 Å². The van der Waals surface area contributed by atoms with Crippen LogP contribution in [0, 0.1) is 0 Å². The molecule has 6 rings (SSSR count). The molecule has 0 atom stereocenters. The molecule has 0 saturated carbocycles. The third-order valence-corrected chi connectivity index (χ3v) is 5.49. The van der Waals surface area contributed by atoms with E-state index >= 15 is 0 Å². The van der Waals surface area contributed by atoms with Gasteiger partial charge >= 0.3 is 0 Å². The van der Waals surface area contributed by atoms with Gasteiger partial charge in [0.2, 0.25) is 0 Å². The lowest BCUT2D eigenvalue weighted by atomic mass is 10.0. The quantitative estimate of drug-likeness (QED) is 0.452. The standard InChI is InChI=1S/C24H18N6/c1-2-6-20-18(4-1)14-19(15-26-20)22-9-10-23-27-28-24(30(23)29-22)13-16-7-8-21-17(12-16)5-3-11-25-21/h1-2,4,6-12,14-15H,3,5,13H2. The Balaban J connectivity index is 1.38. The van der Waals surface area contributed by atoms with Gasteiger partial charge in [-0.1, -0.05) is 30.3 Å². The first-order valence-corrected chi connectivity index (χ1v) is 10.0. The maximum atomic E-state index is 4.82. The molecule has 1 aliphatic heterocycles. The zero-order valence-electron chi connectivity index (χ0n) is 16.2. The fraction of sp³-hybridized carbons (Fsp3) is 0.125. The van der Waals surface area contributed by atoms with Crippen LogP contribution in [0.4, 0.5) is 5.69 Å². The first-order valence-electron chi connectivity index (χ1n) is 10.0. The van der Waals surface area contributed by atoms with Crippen molar-refractivity contribution in [2.45, 2.75) is 19.3 Å². The molecule has 144 valence electrons. The van der Waals surface area contributed by atoms with Crippen LogP contribution in [0.25, 0.3) is 27.8 Å². The number of benzene rings is 2. The van der Waals surface area contributed by atoms with Crippen LogP contribution in [0.2, 0.25) is 0 Å². The number of aryl methyl sites for hydroxylation is 1. The number of rotatable bonds is 3. The van der Waals surface area contributed by atoms with E-state index in [2.05, 4.69) is 50.5 Å². The van der Waals surface area contributed by atoms with Gasteiger partial charge in [0.25, 0.3) is 0 Å². The van der Waals surface area contributed by atoms with Crippen LogP contribution >= 0.6 is 0 Å². The summed E-state index contributed by atoms with van der Waals surface area (Å²) in [6.45, 7) is 0. The Morgan fingerprint density at radius 3 is 2.90 bits per heavy atom. The van der Waals surface area contributed by atoms with Crippen molar-refractivity contribution in [3.8, 4) is 11.3 Å². The minimum Gasteiger partial charge on any atom is -0.261 e. The van der Waals surface area contributed by atoms with E-state index in [0.717, 1.165) is 52.2 Å². The van der Waals surface area contributed by atoms with E-state index in [1.807, 2.05) is 47.3 Å². The predicted molar refractivity (Wildman–Crippen MR) is 117 cm³/mol. The highest BCUT2D eigenvalue weighted by atomic mass is 15.4. The Kier molecular flexibility index (Phi) is 3.87. The van der Waals surface area contributed by atoms with Gasteiger partial charge in [-0.2, -0.15) is 9.61 Å². The summed E-state index contributed by atoms with van der Waals surface area (Å²) >= 11 is 0. The summed E-state index contributed by atoms with van der Waals surface area (Å²) in [7, 11) is 0. The van der Waals surface area contributed by atoms with Gasteiger partial charge in [0, 0.05) is 29.8 Å². The highest BCUT2D eigenvalue weighted by Crippen LogP contribution is 2.26. The number of pyridine rings is 1. The maximum Gasteiger partial charge on any atom is 0.177 e. The zero-order chi connectivity index (χ0) is 19.9. The van der Waals surface area contributed by atoms with Gasteiger partial charge < -0.3 is 0 Å². The van der Waals surface area contributed by atoms with E-state index in [1.54, 1.807) is 0 Å². The van der Waals surface area contributed by atoms with Crippen molar-refractivity contribution in [3.63, 3.8) is 0 Å². The maximum absolute atomic E-state index is 4.82. The molecule has 2 aromatic carbocycles. The van der Waals surface area contributed by atoms with Gasteiger partial charge in [-0.3, -0.25) is 9.98 Å². The molecule has 0 radical (unpaired) electrons. The monoisotopic (exact) mass is 390 g/mol. The Hall–Kier alpha value is -3.93. The summed E-state index contributed by atoms with van der Waals surface area (Å²) in [6.07, 6.45) is 6.55. The summed E-state index contributed by atoms with van der Waals surface area (Å²) in [5, 5.41) is 14.6. The molecule has 0 unspecified atom stereocenters. The predicted octanol–water partition coefficient (Wildman–Crippen LogP) is 4.58. The second-order valence-corrected chi connectivity index (χ2v) is 7.51. The van der Waals surface area contributed by atoms with Crippen molar-refractivity contribution in [1.82, 2.24) is 24.8 Å². The number of aliphatic imine (C=N–C) groups is 1. The Labute approximate surface area is 173 Å². The molecule has 6 nitrogen and oxygen atoms in total. The van der Waals surface area contributed by atoms with E-state index in [4.69, 9.17) is 5.10 Å². The van der Waals surface area contributed by atoms with Crippen molar-refractivity contribution in [3.05, 3.63) is 83.8 Å². The van der Waals surface area contributed by atoms with Crippen LogP contribution < -0.4 is 0 Å². The molecule has 6 heteroatoms. The van der Waals surface area contributed by atoms with E-state index in [-0.39, 0.29) is 0 Å². The molecule has 30 heavy (non-hydrogen) atoms. The largest absolute Gasteiger partial charge is 0.261 e. The second kappa shape index (κ2) is 6.84. The minimum atomic E-state index is 0.671. The van der Waals surface area contributed by atoms with Crippen molar-refractivity contribution in [1.29, 1.82) is 0 Å². The SMILES string of the molecule is C1=Nc2ccc(Cc3nnc4ccc(-c5cnc6ccccc6c5)nn34)cc2CC1. The highest BCUT2D eigenvalue weighted by Gasteiger charge is 2.12. The topological polar surface area (TPSA) is 68.3 Å². The number of fused-ring (bicyclic) bond motifs is 3. The van der Waals surface area contributed by atoms with E-state index in [0.29, 0.717) is 6.42 Å². The van der Waals surface area contributed by atoms with Crippen molar-refractivity contribution in [2.75, 3.05) is 0 Å². The molecular formula is C24H18N6. The number of hydrogen-bond donors (Lipinski definition) is 0. The lowest BCUT2D eigenvalue weighted by Gasteiger charge is -2.11. The van der Waals surface area contributed by atoms with Crippen LogP contribution in [0.1, 0.15) is 23.4 Å². The average molecular weight is 390 g/mol. The van der Waals surface area contributed by atoms with Crippen molar-refractivity contribution in [2.24, 2.45) is 4.99 Å². The van der Waals surface area contributed by atoms with E-state index in [9.17, 15) is 0 Å². The van der Waals surface area contributed by atoms with Crippen LogP contribution in [-0.4, -0.2) is 31.0 Å². The number of aromatic nitrogens is 5. The molecule has 0 saturated heterocycles. The molecule has 3 aromatic heterocycles. The van der Waals surface area contributed by atoms with Gasteiger partial charge in [-0.25, -0.2) is 0 Å². The van der Waals surface area contributed by atoms with Crippen LogP contribution in [0.3, 0.4) is 0 Å². The first-order chi connectivity index (χ1) is 14.8. The van der Waals surface area contributed by atoms with E-state index in [1.165, 1.54) is 11.1 Å². The zero-order valence-corrected chi connectivity index (χ0v) is 16.2. The van der Waals surface area contributed by atoms with Crippen molar-refractivity contribution >= 4 is 28.5 Å². The number of hydrogen-bond acceptors (Lipinski definition) is 5. The first kappa shape index (κ1) is 17.0. The fourth-order valence-electron chi connectivity index (χ4n) is 3.95. The fourth-order valence-corrected chi connectivity index (χ4v) is 3.95. The third kappa shape index (κ3) is 2.93. The second-order valence-electron chi connectivity index (χ2n) is 7.51. The summed E-state index contributed by atoms with van der Waals surface area (Å²) < 4.78 is 1.84. The Morgan fingerprint density at radius 2 is 1.90 bits per heavy atom. The van der Waals surface area contributed by atoms with Crippen LogP contribution in [0.5, 0.6) is 0 Å². The molecule has 0 fully saturated rings. The molecule has 5 aromatic rings. The van der Waals surface area contributed by atoms with Crippen LogP contribution in [0.15, 0.2) is 71.9 Å². The molecular weight excluding hydrogens is 372 g/mol. The normalized spacial score (nSPS) is 13.1. The summed E-state index contributed by atoms with van der Waals surface area (Å²) in [5.74, 6) is 0.819. The lowest BCUT2D eigenvalue weighted by molar-refractivity contribution is 0.840.